The molecule has 0 aliphatic carbocycles. The Kier molecular flexibility index (Phi) is 5.87. The molecule has 12 heteroatoms. The van der Waals surface area contributed by atoms with Crippen molar-refractivity contribution in [2.75, 3.05) is 5.32 Å². The van der Waals surface area contributed by atoms with Gasteiger partial charge in [-0.15, -0.1) is 0 Å². The number of aromatic nitrogens is 4. The van der Waals surface area contributed by atoms with Crippen LogP contribution < -0.4 is 5.32 Å². The molecule has 1 amide bonds. The molecule has 0 radical (unpaired) electrons. The van der Waals surface area contributed by atoms with Crippen molar-refractivity contribution in [2.45, 2.75) is 13.1 Å². The van der Waals surface area contributed by atoms with E-state index in [1.807, 2.05) is 18.2 Å². The first-order valence-corrected chi connectivity index (χ1v) is 10.1. The number of hydrogen-bond donors (Lipinski definition) is 1. The molecule has 0 atom stereocenters. The maximum Gasteiger partial charge on any atom is 0.404 e. The van der Waals surface area contributed by atoms with Gasteiger partial charge in [0.2, 0.25) is 0 Å². The van der Waals surface area contributed by atoms with Crippen molar-refractivity contribution in [1.29, 1.82) is 0 Å². The fourth-order valence-electron chi connectivity index (χ4n) is 2.84. The number of furan rings is 1. The van der Waals surface area contributed by atoms with Gasteiger partial charge in [0.05, 0.1) is 29.7 Å². The fourth-order valence-corrected chi connectivity index (χ4v) is 3.50. The van der Waals surface area contributed by atoms with Crippen LogP contribution in [0.15, 0.2) is 63.9 Å². The van der Waals surface area contributed by atoms with Crippen LogP contribution in [0.25, 0.3) is 0 Å². The Hall–Kier alpha value is -3.44. The van der Waals surface area contributed by atoms with E-state index in [1.165, 1.54) is 23.1 Å². The van der Waals surface area contributed by atoms with Crippen LogP contribution >= 0.6 is 27.5 Å². The third-order valence-electron chi connectivity index (χ3n) is 4.26. The summed E-state index contributed by atoms with van der Waals surface area (Å²) in [5.41, 5.74) is 1.41. The van der Waals surface area contributed by atoms with E-state index >= 15 is 0 Å². The molecule has 3 heterocycles. The Balaban J connectivity index is 1.39. The first-order chi connectivity index (χ1) is 14.9. The summed E-state index contributed by atoms with van der Waals surface area (Å²) < 4.78 is 8.81. The van der Waals surface area contributed by atoms with E-state index in [0.717, 1.165) is 5.56 Å². The predicted molar refractivity (Wildman–Crippen MR) is 115 cm³/mol. The van der Waals surface area contributed by atoms with Gasteiger partial charge in [0.1, 0.15) is 16.8 Å². The number of anilines is 1. The molecule has 1 aromatic carbocycles. The van der Waals surface area contributed by atoms with Crippen molar-refractivity contribution < 1.29 is 14.1 Å². The van der Waals surface area contributed by atoms with Gasteiger partial charge in [-0.2, -0.15) is 9.78 Å². The Morgan fingerprint density at radius 3 is 2.74 bits per heavy atom. The molecule has 0 fully saturated rings. The molecule has 0 bridgehead atoms. The van der Waals surface area contributed by atoms with E-state index < -0.39 is 10.8 Å². The Labute approximate surface area is 188 Å². The van der Waals surface area contributed by atoms with Crippen LogP contribution in [0.2, 0.25) is 5.02 Å². The molecular weight excluding hydrogens is 492 g/mol. The molecule has 158 valence electrons. The molecule has 0 aliphatic rings. The van der Waals surface area contributed by atoms with Gasteiger partial charge in [0.25, 0.3) is 5.91 Å². The summed E-state index contributed by atoms with van der Waals surface area (Å²) >= 11 is 9.25. The monoisotopic (exact) mass is 504 g/mol. The van der Waals surface area contributed by atoms with Gasteiger partial charge in [-0.1, -0.05) is 29.8 Å². The van der Waals surface area contributed by atoms with E-state index in [0.29, 0.717) is 23.0 Å². The number of halogens is 2. The lowest BCUT2D eigenvalue weighted by Gasteiger charge is -2.04. The van der Waals surface area contributed by atoms with Crippen molar-refractivity contribution in [3.63, 3.8) is 0 Å². The highest BCUT2D eigenvalue weighted by molar-refractivity contribution is 9.10. The molecule has 4 aromatic rings. The number of nitrogens with one attached hydrogen (secondary N) is 1. The zero-order valence-corrected chi connectivity index (χ0v) is 18.1. The van der Waals surface area contributed by atoms with Crippen molar-refractivity contribution in [3.05, 3.63) is 91.7 Å². The molecule has 3 aromatic heterocycles. The summed E-state index contributed by atoms with van der Waals surface area (Å²) in [5, 5.41) is 22.3. The standard InChI is InChI=1S/C19H14BrClN6O4/c20-15-11-26(24-18(15)27(29)30)10-14-5-6-17(31-14)19(28)23-13-7-22-25(9-13)8-12-3-1-2-4-16(12)21/h1-7,9,11H,8,10H2,(H,23,28). The van der Waals surface area contributed by atoms with Gasteiger partial charge in [0, 0.05) is 11.2 Å². The largest absolute Gasteiger partial charge is 0.454 e. The second-order valence-electron chi connectivity index (χ2n) is 6.49. The first kappa shape index (κ1) is 20.8. The van der Waals surface area contributed by atoms with Gasteiger partial charge < -0.3 is 19.8 Å². The zero-order chi connectivity index (χ0) is 22.0. The Morgan fingerprint density at radius 2 is 2.00 bits per heavy atom. The number of carbonyl (C=O) groups excluding carboxylic acids is 1. The van der Waals surface area contributed by atoms with Crippen molar-refractivity contribution in [3.8, 4) is 0 Å². The van der Waals surface area contributed by atoms with Gasteiger partial charge in [-0.05, 0) is 44.6 Å². The van der Waals surface area contributed by atoms with Crippen molar-refractivity contribution >= 4 is 44.9 Å². The molecule has 0 saturated carbocycles. The fraction of sp³-hybridized carbons (Fsp3) is 0.105. The normalized spacial score (nSPS) is 10.9. The predicted octanol–water partition coefficient (Wildman–Crippen LogP) is 4.35. The molecule has 1 N–H and O–H groups in total. The molecular formula is C19H14BrClN6O4. The number of carbonyl (C=O) groups is 1. The number of amides is 1. The van der Waals surface area contributed by atoms with Crippen molar-refractivity contribution in [1.82, 2.24) is 19.6 Å². The van der Waals surface area contributed by atoms with Gasteiger partial charge in [-0.3, -0.25) is 9.48 Å². The van der Waals surface area contributed by atoms with Crippen LogP contribution in [0, 0.1) is 10.1 Å². The zero-order valence-electron chi connectivity index (χ0n) is 15.7. The van der Waals surface area contributed by atoms with Crippen molar-refractivity contribution in [2.24, 2.45) is 0 Å². The van der Waals surface area contributed by atoms with Crippen LogP contribution in [0.4, 0.5) is 11.5 Å². The average Bonchev–Trinajstić information content (AvgIpc) is 3.45. The lowest BCUT2D eigenvalue weighted by Crippen LogP contribution is -2.10. The number of benzene rings is 1. The molecule has 0 aliphatic heterocycles. The maximum absolute atomic E-state index is 12.5. The summed E-state index contributed by atoms with van der Waals surface area (Å²) in [6.45, 7) is 0.599. The Bertz CT molecular complexity index is 1260. The van der Waals surface area contributed by atoms with Gasteiger partial charge in [0.15, 0.2) is 5.76 Å². The highest BCUT2D eigenvalue weighted by Gasteiger charge is 2.20. The van der Waals surface area contributed by atoms with Crippen LogP contribution in [0.1, 0.15) is 21.9 Å². The summed E-state index contributed by atoms with van der Waals surface area (Å²) in [6.07, 6.45) is 4.68. The van der Waals surface area contributed by atoms with Crippen LogP contribution in [-0.2, 0) is 13.1 Å². The maximum atomic E-state index is 12.5. The Morgan fingerprint density at radius 1 is 1.19 bits per heavy atom. The lowest BCUT2D eigenvalue weighted by molar-refractivity contribution is -0.390. The lowest BCUT2D eigenvalue weighted by atomic mass is 10.2. The molecule has 0 spiro atoms. The van der Waals surface area contributed by atoms with Gasteiger partial charge in [-0.25, -0.2) is 0 Å². The molecule has 0 unspecified atom stereocenters. The molecule has 31 heavy (non-hydrogen) atoms. The van der Waals surface area contributed by atoms with Crippen LogP contribution in [-0.4, -0.2) is 30.4 Å². The summed E-state index contributed by atoms with van der Waals surface area (Å²) in [4.78, 5) is 22.8. The molecule has 0 saturated heterocycles. The van der Waals surface area contributed by atoms with E-state index in [2.05, 4.69) is 31.4 Å². The SMILES string of the molecule is O=C(Nc1cnn(Cc2ccccc2Cl)c1)c1ccc(Cn2cc(Br)c([N+](=O)[O-])n2)o1. The second-order valence-corrected chi connectivity index (χ2v) is 7.75. The number of hydrogen-bond acceptors (Lipinski definition) is 6. The molecule has 4 rings (SSSR count). The van der Waals surface area contributed by atoms with E-state index in [-0.39, 0.29) is 22.6 Å². The van der Waals surface area contributed by atoms with Gasteiger partial charge >= 0.3 is 5.82 Å². The minimum atomic E-state index is -0.590. The quantitative estimate of drug-likeness (QED) is 0.294. The number of nitro groups is 1. The summed E-state index contributed by atoms with van der Waals surface area (Å²) in [5.74, 6) is -0.228. The minimum Gasteiger partial charge on any atom is -0.454 e. The summed E-state index contributed by atoms with van der Waals surface area (Å²) in [6, 6.07) is 10.6. The highest BCUT2D eigenvalue weighted by atomic mass is 79.9. The summed E-state index contributed by atoms with van der Waals surface area (Å²) in [7, 11) is 0. The van der Waals surface area contributed by atoms with Crippen LogP contribution in [0.5, 0.6) is 0 Å². The number of rotatable bonds is 7. The van der Waals surface area contributed by atoms with E-state index in [4.69, 9.17) is 16.0 Å². The second kappa shape index (κ2) is 8.74. The van der Waals surface area contributed by atoms with Crippen LogP contribution in [0.3, 0.4) is 0 Å². The number of nitrogens with zero attached hydrogens (tertiary/aromatic N) is 5. The van der Waals surface area contributed by atoms with E-state index in [1.54, 1.807) is 23.0 Å². The first-order valence-electron chi connectivity index (χ1n) is 8.92. The van der Waals surface area contributed by atoms with E-state index in [9.17, 15) is 14.9 Å². The smallest absolute Gasteiger partial charge is 0.404 e. The highest BCUT2D eigenvalue weighted by Crippen LogP contribution is 2.23. The molecule has 10 nitrogen and oxygen atoms in total. The third kappa shape index (κ3) is 4.84. The third-order valence-corrected chi connectivity index (χ3v) is 5.18. The minimum absolute atomic E-state index is 0.0922. The average molecular weight is 506 g/mol. The topological polar surface area (TPSA) is 121 Å².